The van der Waals surface area contributed by atoms with E-state index in [1.54, 1.807) is 24.4 Å². The van der Waals surface area contributed by atoms with E-state index in [0.717, 1.165) is 5.56 Å². The largest absolute Gasteiger partial charge is 0.327 e. The lowest BCUT2D eigenvalue weighted by molar-refractivity contribution is 0.102. The first-order valence-corrected chi connectivity index (χ1v) is 10.00. The molecule has 0 aliphatic heterocycles. The number of hydrogen-bond donors (Lipinski definition) is 2. The molecule has 1 heterocycles. The van der Waals surface area contributed by atoms with Crippen LogP contribution in [-0.2, 0) is 0 Å². The van der Waals surface area contributed by atoms with Gasteiger partial charge in [0.25, 0.3) is 11.5 Å². The maximum atomic E-state index is 13.1. The molecule has 0 spiro atoms. The molecule has 1 amide bonds. The lowest BCUT2D eigenvalue weighted by Gasteiger charge is -2.22. The first kappa shape index (κ1) is 19.1. The highest BCUT2D eigenvalue weighted by atomic mass is 19.1. The van der Waals surface area contributed by atoms with E-state index in [-0.39, 0.29) is 23.0 Å². The third-order valence-corrected chi connectivity index (χ3v) is 5.58. The van der Waals surface area contributed by atoms with Crippen LogP contribution in [0.2, 0.25) is 0 Å². The number of carbonyl (C=O) groups excluding carboxylic acids is 1. The monoisotopic (exact) mass is 390 g/mol. The van der Waals surface area contributed by atoms with Gasteiger partial charge in [0.05, 0.1) is 0 Å². The molecule has 0 radical (unpaired) electrons. The zero-order chi connectivity index (χ0) is 20.2. The summed E-state index contributed by atoms with van der Waals surface area (Å²) in [6, 6.07) is 15.2. The van der Waals surface area contributed by atoms with Crippen molar-refractivity contribution in [2.75, 3.05) is 5.32 Å². The summed E-state index contributed by atoms with van der Waals surface area (Å²) in [7, 11) is 0. The van der Waals surface area contributed by atoms with Gasteiger partial charge in [-0.2, -0.15) is 0 Å². The summed E-state index contributed by atoms with van der Waals surface area (Å²) >= 11 is 0. The SMILES string of the molecule is O=C(Nc1cc(-c2ccc(F)cc2)c[nH]c1=O)c1ccc(C2CCCCC2)cc1. The van der Waals surface area contributed by atoms with Gasteiger partial charge in [-0.3, -0.25) is 9.59 Å². The van der Waals surface area contributed by atoms with Gasteiger partial charge in [0.1, 0.15) is 11.5 Å². The van der Waals surface area contributed by atoms with Crippen molar-refractivity contribution in [3.63, 3.8) is 0 Å². The van der Waals surface area contributed by atoms with E-state index < -0.39 is 0 Å². The van der Waals surface area contributed by atoms with Crippen LogP contribution >= 0.6 is 0 Å². The van der Waals surface area contributed by atoms with E-state index in [1.165, 1.54) is 49.8 Å². The fourth-order valence-corrected chi connectivity index (χ4v) is 3.92. The van der Waals surface area contributed by atoms with Crippen molar-refractivity contribution >= 4 is 11.6 Å². The molecular weight excluding hydrogens is 367 g/mol. The fraction of sp³-hybridized carbons (Fsp3) is 0.250. The van der Waals surface area contributed by atoms with E-state index in [4.69, 9.17) is 0 Å². The molecular formula is C24H23FN2O2. The van der Waals surface area contributed by atoms with Gasteiger partial charge in [0.2, 0.25) is 0 Å². The quantitative estimate of drug-likeness (QED) is 0.619. The highest BCUT2D eigenvalue weighted by Crippen LogP contribution is 2.32. The van der Waals surface area contributed by atoms with Gasteiger partial charge in [-0.15, -0.1) is 0 Å². The fourth-order valence-electron chi connectivity index (χ4n) is 3.92. The van der Waals surface area contributed by atoms with E-state index in [2.05, 4.69) is 10.3 Å². The zero-order valence-corrected chi connectivity index (χ0v) is 16.1. The summed E-state index contributed by atoms with van der Waals surface area (Å²) < 4.78 is 13.1. The van der Waals surface area contributed by atoms with Gasteiger partial charge >= 0.3 is 0 Å². The normalized spacial score (nSPS) is 14.5. The van der Waals surface area contributed by atoms with Crippen LogP contribution in [-0.4, -0.2) is 10.9 Å². The molecule has 1 fully saturated rings. The highest BCUT2D eigenvalue weighted by molar-refractivity contribution is 6.04. The summed E-state index contributed by atoms with van der Waals surface area (Å²) in [6.07, 6.45) is 7.79. The van der Waals surface area contributed by atoms with E-state index in [1.807, 2.05) is 24.3 Å². The summed E-state index contributed by atoms with van der Waals surface area (Å²) in [4.78, 5) is 27.4. The number of benzene rings is 2. The van der Waals surface area contributed by atoms with Crippen LogP contribution in [0.3, 0.4) is 0 Å². The number of rotatable bonds is 4. The van der Waals surface area contributed by atoms with Gasteiger partial charge in [0.15, 0.2) is 0 Å². The molecule has 0 bridgehead atoms. The molecule has 0 unspecified atom stereocenters. The van der Waals surface area contributed by atoms with Crippen LogP contribution in [0, 0.1) is 5.82 Å². The van der Waals surface area contributed by atoms with Crippen molar-refractivity contribution in [1.29, 1.82) is 0 Å². The third kappa shape index (κ3) is 4.45. The number of aromatic nitrogens is 1. The van der Waals surface area contributed by atoms with Crippen LogP contribution in [0.5, 0.6) is 0 Å². The highest BCUT2D eigenvalue weighted by Gasteiger charge is 2.16. The van der Waals surface area contributed by atoms with Crippen LogP contribution in [0.1, 0.15) is 53.9 Å². The number of nitrogens with one attached hydrogen (secondary N) is 2. The van der Waals surface area contributed by atoms with E-state index in [0.29, 0.717) is 17.0 Å². The Morgan fingerprint density at radius 3 is 2.31 bits per heavy atom. The molecule has 1 saturated carbocycles. The molecule has 4 nitrogen and oxygen atoms in total. The average Bonchev–Trinajstić information content (AvgIpc) is 2.76. The second kappa shape index (κ2) is 8.43. The molecule has 4 rings (SSSR count). The second-order valence-corrected chi connectivity index (χ2v) is 7.55. The van der Waals surface area contributed by atoms with Crippen LogP contribution in [0.4, 0.5) is 10.1 Å². The number of hydrogen-bond acceptors (Lipinski definition) is 2. The van der Waals surface area contributed by atoms with Crippen molar-refractivity contribution in [2.24, 2.45) is 0 Å². The summed E-state index contributed by atoms with van der Waals surface area (Å²) in [5.74, 6) is -0.0820. The molecule has 0 atom stereocenters. The molecule has 1 aliphatic carbocycles. The topological polar surface area (TPSA) is 62.0 Å². The van der Waals surface area contributed by atoms with Crippen molar-refractivity contribution < 1.29 is 9.18 Å². The Kier molecular flexibility index (Phi) is 5.56. The first-order chi connectivity index (χ1) is 14.1. The maximum Gasteiger partial charge on any atom is 0.271 e. The number of carbonyl (C=O) groups is 1. The lowest BCUT2D eigenvalue weighted by Crippen LogP contribution is -2.19. The van der Waals surface area contributed by atoms with Gasteiger partial charge in [-0.05, 0) is 60.2 Å². The predicted octanol–water partition coefficient (Wildman–Crippen LogP) is 5.48. The maximum absolute atomic E-state index is 13.1. The zero-order valence-electron chi connectivity index (χ0n) is 16.1. The third-order valence-electron chi connectivity index (χ3n) is 5.58. The van der Waals surface area contributed by atoms with Crippen molar-refractivity contribution in [3.8, 4) is 11.1 Å². The minimum absolute atomic E-state index is 0.160. The van der Waals surface area contributed by atoms with Gasteiger partial charge in [0, 0.05) is 17.3 Å². The first-order valence-electron chi connectivity index (χ1n) is 10.00. The minimum atomic E-state index is -0.386. The second-order valence-electron chi connectivity index (χ2n) is 7.55. The van der Waals surface area contributed by atoms with E-state index >= 15 is 0 Å². The Bertz CT molecular complexity index is 1050. The average molecular weight is 390 g/mol. The van der Waals surface area contributed by atoms with Gasteiger partial charge in [-0.25, -0.2) is 4.39 Å². The number of anilines is 1. The Hall–Kier alpha value is -3.21. The predicted molar refractivity (Wildman–Crippen MR) is 113 cm³/mol. The van der Waals surface area contributed by atoms with Crippen LogP contribution in [0.15, 0.2) is 65.6 Å². The Balaban J connectivity index is 1.51. The van der Waals surface area contributed by atoms with Gasteiger partial charge < -0.3 is 10.3 Å². The summed E-state index contributed by atoms with van der Waals surface area (Å²) in [5.41, 5.74) is 2.99. The molecule has 3 aromatic rings. The van der Waals surface area contributed by atoms with Crippen LogP contribution in [0.25, 0.3) is 11.1 Å². The molecule has 1 aromatic heterocycles. The lowest BCUT2D eigenvalue weighted by atomic mass is 9.84. The molecule has 2 N–H and O–H groups in total. The number of amides is 1. The number of aromatic amines is 1. The summed E-state index contributed by atoms with van der Waals surface area (Å²) in [5, 5.41) is 2.69. The molecule has 148 valence electrons. The Labute approximate surface area is 168 Å². The standard InChI is InChI=1S/C24H23FN2O2/c25-21-12-10-18(11-13-21)20-14-22(24(29)26-15-20)27-23(28)19-8-6-17(7-9-19)16-4-2-1-3-5-16/h6-16H,1-5H2,(H,26,29)(H,27,28). The molecule has 2 aromatic carbocycles. The van der Waals surface area contributed by atoms with Crippen LogP contribution < -0.4 is 10.9 Å². The minimum Gasteiger partial charge on any atom is -0.327 e. The number of pyridine rings is 1. The molecule has 1 aliphatic rings. The molecule has 0 saturated heterocycles. The number of halogens is 1. The summed E-state index contributed by atoms with van der Waals surface area (Å²) in [6.45, 7) is 0. The van der Waals surface area contributed by atoms with Crippen molar-refractivity contribution in [2.45, 2.75) is 38.0 Å². The van der Waals surface area contributed by atoms with E-state index in [9.17, 15) is 14.0 Å². The van der Waals surface area contributed by atoms with Crippen molar-refractivity contribution in [3.05, 3.63) is 88.1 Å². The van der Waals surface area contributed by atoms with Crippen molar-refractivity contribution in [1.82, 2.24) is 4.98 Å². The smallest absolute Gasteiger partial charge is 0.271 e. The van der Waals surface area contributed by atoms with Gasteiger partial charge in [-0.1, -0.05) is 43.5 Å². The Morgan fingerprint density at radius 1 is 0.931 bits per heavy atom. The Morgan fingerprint density at radius 2 is 1.62 bits per heavy atom. The molecule has 5 heteroatoms. The number of H-pyrrole nitrogens is 1. The molecule has 29 heavy (non-hydrogen) atoms.